The normalized spacial score (nSPS) is 11.1. The molecule has 0 fully saturated rings. The molecule has 0 aliphatic heterocycles. The van der Waals surface area contributed by atoms with Crippen LogP contribution < -0.4 is 31.2 Å². The fraction of sp³-hybridized carbons (Fsp3) is 0.340. The summed E-state index contributed by atoms with van der Waals surface area (Å²) in [5, 5.41) is 35.1. The second kappa shape index (κ2) is 25.5. The number of hydrogen-bond donors (Lipinski definition) is 6. The predicted molar refractivity (Wildman–Crippen MR) is 269 cm³/mol. The van der Waals surface area contributed by atoms with Crippen LogP contribution in [0.2, 0.25) is 0 Å². The number of anilines is 4. The summed E-state index contributed by atoms with van der Waals surface area (Å²) in [7, 11) is 0. The van der Waals surface area contributed by atoms with Gasteiger partial charge in [0.2, 0.25) is 11.9 Å². The quantitative estimate of drug-likeness (QED) is 0.0364. The monoisotopic (exact) mass is 1010 g/mol. The smallest absolute Gasteiger partial charge is 0.407 e. The van der Waals surface area contributed by atoms with E-state index in [0.29, 0.717) is 97.8 Å². The Morgan fingerprint density at radius 3 is 1.53 bits per heavy atom. The molecule has 6 aromatic heterocycles. The first-order valence-corrected chi connectivity index (χ1v) is 22.8. The van der Waals surface area contributed by atoms with E-state index in [1.165, 1.54) is 0 Å². The maximum absolute atomic E-state index is 11.7. The second-order valence-electron chi connectivity index (χ2n) is 16.9. The number of benzene rings is 2. The number of carbonyl (C=O) groups excluding carboxylic acids is 1. The van der Waals surface area contributed by atoms with Crippen LogP contribution in [0.4, 0.5) is 28.1 Å². The Labute approximate surface area is 419 Å². The van der Waals surface area contributed by atoms with Crippen molar-refractivity contribution in [3.05, 3.63) is 98.4 Å². The number of ether oxygens (including phenoxy) is 3. The van der Waals surface area contributed by atoms with Gasteiger partial charge >= 0.3 is 18.0 Å². The van der Waals surface area contributed by atoms with Crippen LogP contribution in [0.1, 0.15) is 59.3 Å². The van der Waals surface area contributed by atoms with Gasteiger partial charge in [-0.05, 0) is 102 Å². The van der Waals surface area contributed by atoms with Gasteiger partial charge in [0.05, 0.1) is 49.4 Å². The third-order valence-electron chi connectivity index (χ3n) is 10.0. The molecule has 0 spiro atoms. The average Bonchev–Trinajstić information content (AvgIpc) is 4.17. The van der Waals surface area contributed by atoms with Crippen molar-refractivity contribution in [3.63, 3.8) is 0 Å². The average molecular weight is 1010 g/mol. The Morgan fingerprint density at radius 2 is 1.10 bits per heavy atom. The fourth-order valence-corrected chi connectivity index (χ4v) is 6.71. The van der Waals surface area contributed by atoms with Gasteiger partial charge < -0.3 is 46.1 Å². The molecule has 0 unspecified atom stereocenters. The highest BCUT2D eigenvalue weighted by Gasteiger charge is 2.16. The molecule has 0 aliphatic carbocycles. The summed E-state index contributed by atoms with van der Waals surface area (Å²) >= 11 is 0. The first-order chi connectivity index (χ1) is 34.3. The highest BCUT2D eigenvalue weighted by molar-refractivity contribution is 5.85. The van der Waals surface area contributed by atoms with Gasteiger partial charge in [0.15, 0.2) is 11.3 Å². The number of aromatic nitrogens is 12. The summed E-state index contributed by atoms with van der Waals surface area (Å²) in [4.78, 5) is 59.6. The number of alkyl carbamates (subject to hydrolysis) is 1. The lowest BCUT2D eigenvalue weighted by Crippen LogP contribution is -2.33. The van der Waals surface area contributed by atoms with Crippen LogP contribution in [0.3, 0.4) is 0 Å². The maximum Gasteiger partial charge on any atom is 0.407 e. The van der Waals surface area contributed by atoms with E-state index in [2.05, 4.69) is 56.1 Å². The molecular weight excluding hydrogens is 952 g/mol. The van der Waals surface area contributed by atoms with Crippen molar-refractivity contribution in [2.45, 2.75) is 78.0 Å². The number of nitrogens with one attached hydrogen (secondary N) is 3. The highest BCUT2D eigenvalue weighted by Crippen LogP contribution is 2.23. The van der Waals surface area contributed by atoms with E-state index >= 15 is 0 Å². The number of carboxylic acid groups (broad SMARTS) is 2. The molecule has 380 valence electrons. The van der Waals surface area contributed by atoms with Crippen molar-refractivity contribution in [1.29, 1.82) is 0 Å². The van der Waals surface area contributed by atoms with Crippen LogP contribution >= 0.6 is 12.4 Å². The van der Waals surface area contributed by atoms with Crippen molar-refractivity contribution in [1.82, 2.24) is 63.9 Å². The molecule has 8 aromatic rings. The van der Waals surface area contributed by atoms with E-state index in [0.717, 1.165) is 35.7 Å². The maximum atomic E-state index is 11.7. The number of carboxylic acids is 2. The Morgan fingerprint density at radius 1 is 0.639 bits per heavy atom. The zero-order chi connectivity index (χ0) is 50.2. The number of carbonyl (C=O) groups is 3. The number of hydrogen-bond acceptors (Lipinski definition) is 17. The summed E-state index contributed by atoms with van der Waals surface area (Å²) in [6.45, 7) is 8.61. The van der Waals surface area contributed by atoms with Crippen LogP contribution in [0, 0.1) is 0 Å². The van der Waals surface area contributed by atoms with Crippen molar-refractivity contribution in [3.8, 4) is 22.9 Å². The van der Waals surface area contributed by atoms with E-state index in [1.807, 2.05) is 95.5 Å². The number of fused-ring (bicyclic) bond motifs is 2. The molecule has 24 nitrogen and oxygen atoms in total. The first kappa shape index (κ1) is 53.0. The largest absolute Gasteiger partial charge is 0.494 e. The Kier molecular flexibility index (Phi) is 18.7. The standard InChI is InChI=1S/C26H32N8O5.C21H24N8O3.ClH/c1-26(2,3)39-25(37)27-11-5-12-33-16-18(14-30-33)31-24-28-15-21-23(32-24)34(17-29-21)19-7-9-20(10-8-19)38-13-4-6-22(35)36;22-8-2-9-28-13-15(11-25-28)26-21-23-12-18-20(27-21)29(14-24-18)16-4-6-17(7-5-16)32-10-1-3-19(30)31;/h7-10,14-17H,4-6,11-13H2,1-3H3,(H,27,37)(H,35,36)(H,28,31,32);4-7,11-14H,1-3,8-10,22H2,(H,30,31)(H,23,26,27);1H. The number of halogens is 1. The molecule has 0 saturated carbocycles. The molecule has 72 heavy (non-hydrogen) atoms. The Balaban J connectivity index is 0.000000236. The summed E-state index contributed by atoms with van der Waals surface area (Å²) in [6.07, 6.45) is 16.0. The van der Waals surface area contributed by atoms with Crippen LogP contribution in [0.25, 0.3) is 33.7 Å². The number of rotatable bonds is 23. The highest BCUT2D eigenvalue weighted by atomic mass is 35.5. The van der Waals surface area contributed by atoms with Gasteiger partial charge in [0.25, 0.3) is 0 Å². The zero-order valence-electron chi connectivity index (χ0n) is 39.9. The molecule has 0 aliphatic rings. The molecule has 25 heteroatoms. The topological polar surface area (TPSA) is 304 Å². The second-order valence-corrected chi connectivity index (χ2v) is 16.9. The lowest BCUT2D eigenvalue weighted by Gasteiger charge is -2.19. The molecule has 6 heterocycles. The van der Waals surface area contributed by atoms with Gasteiger partial charge in [-0.15, -0.1) is 12.4 Å². The van der Waals surface area contributed by atoms with Gasteiger partial charge in [-0.2, -0.15) is 20.2 Å². The number of aliphatic carboxylic acids is 2. The molecule has 0 saturated heterocycles. The number of amides is 1. The Hall–Kier alpha value is -8.38. The van der Waals surface area contributed by atoms with Crippen molar-refractivity contribution >= 4 is 76.0 Å². The minimum atomic E-state index is -0.838. The molecular formula is C47H57ClN16O8. The molecule has 2 aromatic carbocycles. The minimum Gasteiger partial charge on any atom is -0.494 e. The fourth-order valence-electron chi connectivity index (χ4n) is 6.71. The summed E-state index contributed by atoms with van der Waals surface area (Å²) in [6, 6.07) is 14.8. The summed E-state index contributed by atoms with van der Waals surface area (Å²) in [5.74, 6) is 0.502. The van der Waals surface area contributed by atoms with E-state index in [9.17, 15) is 14.4 Å². The van der Waals surface area contributed by atoms with E-state index in [1.54, 1.807) is 42.1 Å². The third-order valence-corrected chi connectivity index (χ3v) is 10.0. The summed E-state index contributed by atoms with van der Waals surface area (Å²) < 4.78 is 23.7. The molecule has 7 N–H and O–H groups in total. The predicted octanol–water partition coefficient (Wildman–Crippen LogP) is 6.68. The van der Waals surface area contributed by atoms with E-state index in [-0.39, 0.29) is 25.2 Å². The molecule has 0 radical (unpaired) electrons. The molecule has 8 rings (SSSR count). The lowest BCUT2D eigenvalue weighted by molar-refractivity contribution is -0.138. The number of nitrogens with two attached hydrogens (primary N) is 1. The van der Waals surface area contributed by atoms with Gasteiger partial charge in [-0.1, -0.05) is 0 Å². The molecule has 0 bridgehead atoms. The van der Waals surface area contributed by atoms with Crippen LogP contribution in [-0.4, -0.2) is 119 Å². The van der Waals surface area contributed by atoms with E-state index < -0.39 is 23.6 Å². The van der Waals surface area contributed by atoms with Gasteiger partial charge in [-0.3, -0.25) is 28.1 Å². The lowest BCUT2D eigenvalue weighted by atomic mass is 10.2. The number of imidazole rings is 2. The van der Waals surface area contributed by atoms with Crippen LogP contribution in [0.5, 0.6) is 11.5 Å². The first-order valence-electron chi connectivity index (χ1n) is 22.8. The van der Waals surface area contributed by atoms with E-state index in [4.69, 9.17) is 30.2 Å². The number of aryl methyl sites for hydroxylation is 2. The van der Waals surface area contributed by atoms with Crippen molar-refractivity contribution in [2.75, 3.05) is 36.9 Å². The summed E-state index contributed by atoms with van der Waals surface area (Å²) in [5.41, 5.74) is 10.8. The molecule has 0 atom stereocenters. The SMILES string of the molecule is CC(C)(C)OC(=O)NCCCn1cc(Nc2ncc3ncn(-c4ccc(OCCCC(=O)O)cc4)c3n2)cn1.Cl.NCCCn1cc(Nc2ncc3ncn(-c4ccc(OCCCC(=O)O)cc4)c3n2)cn1. The van der Waals surface area contributed by atoms with Crippen molar-refractivity contribution in [2.24, 2.45) is 5.73 Å². The van der Waals surface area contributed by atoms with Crippen LogP contribution in [-0.2, 0) is 27.4 Å². The van der Waals surface area contributed by atoms with Gasteiger partial charge in [0, 0.05) is 56.2 Å². The molecule has 1 amide bonds. The van der Waals surface area contributed by atoms with Crippen LogP contribution in [0.15, 0.2) is 98.4 Å². The third kappa shape index (κ3) is 15.8. The van der Waals surface area contributed by atoms with Crippen molar-refractivity contribution < 1.29 is 38.8 Å². The minimum absolute atomic E-state index is 0. The zero-order valence-corrected chi connectivity index (χ0v) is 40.7. The number of nitrogens with zero attached hydrogens (tertiary/aromatic N) is 12. The Bertz CT molecular complexity index is 3000. The van der Waals surface area contributed by atoms with Gasteiger partial charge in [-0.25, -0.2) is 24.7 Å². The van der Waals surface area contributed by atoms with Gasteiger partial charge in [0.1, 0.15) is 40.8 Å².